The van der Waals surface area contributed by atoms with Gasteiger partial charge in [0.05, 0.1) is 25.8 Å². The van der Waals surface area contributed by atoms with E-state index in [1.807, 2.05) is 0 Å². The molecule has 1 aliphatic rings. The summed E-state index contributed by atoms with van der Waals surface area (Å²) in [6.45, 7) is 13.0. The molecule has 1 heterocycles. The lowest BCUT2D eigenvalue weighted by atomic mass is 10.0. The van der Waals surface area contributed by atoms with Crippen LogP contribution in [0.5, 0.6) is 0 Å². The second-order valence-electron chi connectivity index (χ2n) is 7.87. The molecule has 7 nitrogen and oxygen atoms in total. The molecule has 2 rings (SSSR count). The van der Waals surface area contributed by atoms with E-state index < -0.39 is 0 Å². The van der Waals surface area contributed by atoms with Gasteiger partial charge in [0.25, 0.3) is 0 Å². The van der Waals surface area contributed by atoms with Crippen molar-refractivity contribution in [3.8, 4) is 0 Å². The molecule has 1 aromatic carbocycles. The first-order valence-electron chi connectivity index (χ1n) is 11.2. The standard InChI is InChI=1S/C23H41N5O2/c1-5-24-23(25-11-13-27(3)12-6-16-29-4)26-19-22(28-14-17-30-18-15-28)21-9-7-20(2)8-10-21/h7-10,22H,5-6,11-19H2,1-4H3,(H2,24,25,26). The van der Waals surface area contributed by atoms with Crippen LogP contribution in [0.2, 0.25) is 0 Å². The molecule has 0 bridgehead atoms. The quantitative estimate of drug-likeness (QED) is 0.307. The van der Waals surface area contributed by atoms with Gasteiger partial charge in [-0.05, 0) is 32.9 Å². The fourth-order valence-corrected chi connectivity index (χ4v) is 3.58. The van der Waals surface area contributed by atoms with Gasteiger partial charge in [0.2, 0.25) is 0 Å². The number of guanidine groups is 1. The van der Waals surface area contributed by atoms with Crippen molar-refractivity contribution in [3.63, 3.8) is 0 Å². The number of nitrogens with one attached hydrogen (secondary N) is 2. The van der Waals surface area contributed by atoms with Crippen LogP contribution < -0.4 is 10.6 Å². The molecular formula is C23H41N5O2. The summed E-state index contributed by atoms with van der Waals surface area (Å²) in [7, 11) is 3.90. The summed E-state index contributed by atoms with van der Waals surface area (Å²) < 4.78 is 10.7. The van der Waals surface area contributed by atoms with Gasteiger partial charge in [0.1, 0.15) is 0 Å². The Hall–Kier alpha value is -1.67. The van der Waals surface area contributed by atoms with Crippen molar-refractivity contribution in [2.45, 2.75) is 26.3 Å². The van der Waals surface area contributed by atoms with Crippen molar-refractivity contribution in [3.05, 3.63) is 35.4 Å². The summed E-state index contributed by atoms with van der Waals surface area (Å²) in [4.78, 5) is 9.74. The third kappa shape index (κ3) is 9.00. The highest BCUT2D eigenvalue weighted by Crippen LogP contribution is 2.22. The highest BCUT2D eigenvalue weighted by atomic mass is 16.5. The summed E-state index contributed by atoms with van der Waals surface area (Å²) in [6, 6.07) is 9.12. The van der Waals surface area contributed by atoms with E-state index in [2.05, 4.69) is 65.6 Å². The zero-order valence-corrected chi connectivity index (χ0v) is 19.3. The Morgan fingerprint density at radius 3 is 2.60 bits per heavy atom. The van der Waals surface area contributed by atoms with Gasteiger partial charge < -0.3 is 25.0 Å². The van der Waals surface area contributed by atoms with Gasteiger partial charge in [0.15, 0.2) is 5.96 Å². The lowest BCUT2D eigenvalue weighted by Crippen LogP contribution is -2.43. The summed E-state index contributed by atoms with van der Waals surface area (Å²) in [6.07, 6.45) is 1.05. The van der Waals surface area contributed by atoms with Crippen LogP contribution in [0, 0.1) is 6.92 Å². The van der Waals surface area contributed by atoms with Gasteiger partial charge in [-0.3, -0.25) is 9.89 Å². The molecule has 7 heteroatoms. The van der Waals surface area contributed by atoms with Gasteiger partial charge in [-0.1, -0.05) is 29.8 Å². The molecule has 1 saturated heterocycles. The minimum atomic E-state index is 0.265. The number of aliphatic imine (C=N–C) groups is 1. The second-order valence-corrected chi connectivity index (χ2v) is 7.87. The maximum atomic E-state index is 5.56. The Balaban J connectivity index is 1.95. The molecule has 170 valence electrons. The van der Waals surface area contributed by atoms with Crippen molar-refractivity contribution < 1.29 is 9.47 Å². The van der Waals surface area contributed by atoms with Gasteiger partial charge >= 0.3 is 0 Å². The van der Waals surface area contributed by atoms with Crippen LogP contribution in [0.15, 0.2) is 29.3 Å². The predicted octanol–water partition coefficient (Wildman–Crippen LogP) is 1.89. The average Bonchev–Trinajstić information content (AvgIpc) is 2.76. The van der Waals surface area contributed by atoms with Crippen LogP contribution in [-0.4, -0.2) is 95.6 Å². The van der Waals surface area contributed by atoms with E-state index in [1.54, 1.807) is 7.11 Å². The number of hydrogen-bond donors (Lipinski definition) is 2. The summed E-state index contributed by atoms with van der Waals surface area (Å²) in [5, 5.41) is 6.87. The van der Waals surface area contributed by atoms with Gasteiger partial charge in [0, 0.05) is 53.0 Å². The number of morpholine rings is 1. The number of hydrogen-bond acceptors (Lipinski definition) is 5. The predicted molar refractivity (Wildman–Crippen MR) is 124 cm³/mol. The van der Waals surface area contributed by atoms with Gasteiger partial charge in [-0.2, -0.15) is 0 Å². The molecule has 1 atom stereocenters. The Kier molecular flexibility index (Phi) is 11.8. The first-order chi connectivity index (χ1) is 14.6. The Bertz CT molecular complexity index is 602. The number of likely N-dealkylation sites (N-methyl/N-ethyl adjacent to an activating group) is 1. The molecule has 0 aliphatic carbocycles. The van der Waals surface area contributed by atoms with Crippen molar-refractivity contribution >= 4 is 5.96 Å². The zero-order chi connectivity index (χ0) is 21.6. The highest BCUT2D eigenvalue weighted by molar-refractivity contribution is 5.79. The molecule has 0 amide bonds. The molecular weight excluding hydrogens is 378 g/mol. The van der Waals surface area contributed by atoms with Crippen LogP contribution in [0.1, 0.15) is 30.5 Å². The number of nitrogens with zero attached hydrogens (tertiary/aromatic N) is 3. The number of aryl methyl sites for hydroxylation is 1. The largest absolute Gasteiger partial charge is 0.385 e. The first-order valence-corrected chi connectivity index (χ1v) is 11.2. The molecule has 30 heavy (non-hydrogen) atoms. The molecule has 1 fully saturated rings. The fourth-order valence-electron chi connectivity index (χ4n) is 3.58. The van der Waals surface area contributed by atoms with Crippen LogP contribution >= 0.6 is 0 Å². The van der Waals surface area contributed by atoms with Crippen molar-refractivity contribution in [2.24, 2.45) is 4.99 Å². The Labute approximate surface area is 182 Å². The van der Waals surface area contributed by atoms with Gasteiger partial charge in [-0.15, -0.1) is 0 Å². The maximum Gasteiger partial charge on any atom is 0.191 e. The maximum absolute atomic E-state index is 5.56. The van der Waals surface area contributed by atoms with E-state index in [0.717, 1.165) is 78.0 Å². The minimum Gasteiger partial charge on any atom is -0.385 e. The number of benzene rings is 1. The van der Waals surface area contributed by atoms with E-state index in [4.69, 9.17) is 14.5 Å². The molecule has 1 unspecified atom stereocenters. The van der Waals surface area contributed by atoms with E-state index in [1.165, 1.54) is 11.1 Å². The molecule has 0 saturated carbocycles. The van der Waals surface area contributed by atoms with E-state index in [-0.39, 0.29) is 6.04 Å². The third-order valence-electron chi connectivity index (χ3n) is 5.39. The van der Waals surface area contributed by atoms with Crippen LogP contribution in [0.25, 0.3) is 0 Å². The second kappa shape index (κ2) is 14.4. The van der Waals surface area contributed by atoms with E-state index in [0.29, 0.717) is 0 Å². The molecule has 0 spiro atoms. The molecule has 1 aliphatic heterocycles. The summed E-state index contributed by atoms with van der Waals surface area (Å²) >= 11 is 0. The summed E-state index contributed by atoms with van der Waals surface area (Å²) in [5.41, 5.74) is 2.60. The van der Waals surface area contributed by atoms with Crippen LogP contribution in [-0.2, 0) is 9.47 Å². The number of methoxy groups -OCH3 is 1. The fraction of sp³-hybridized carbons (Fsp3) is 0.696. The smallest absolute Gasteiger partial charge is 0.191 e. The molecule has 0 radical (unpaired) electrons. The monoisotopic (exact) mass is 419 g/mol. The SMILES string of the molecule is CCNC(=NCC(c1ccc(C)cc1)N1CCOCC1)NCCN(C)CCCOC. The topological polar surface area (TPSA) is 61.4 Å². The molecule has 0 aromatic heterocycles. The normalized spacial score (nSPS) is 16.6. The highest BCUT2D eigenvalue weighted by Gasteiger charge is 2.22. The number of rotatable bonds is 12. The third-order valence-corrected chi connectivity index (χ3v) is 5.39. The minimum absolute atomic E-state index is 0.265. The Morgan fingerprint density at radius 1 is 1.20 bits per heavy atom. The average molecular weight is 420 g/mol. The lowest BCUT2D eigenvalue weighted by molar-refractivity contribution is 0.0179. The lowest BCUT2D eigenvalue weighted by Gasteiger charge is -2.34. The van der Waals surface area contributed by atoms with E-state index >= 15 is 0 Å². The van der Waals surface area contributed by atoms with Crippen LogP contribution in [0.3, 0.4) is 0 Å². The first kappa shape index (κ1) is 24.6. The zero-order valence-electron chi connectivity index (χ0n) is 19.3. The van der Waals surface area contributed by atoms with Crippen LogP contribution in [0.4, 0.5) is 0 Å². The number of ether oxygens (including phenoxy) is 2. The van der Waals surface area contributed by atoms with Crippen molar-refractivity contribution in [2.75, 3.05) is 79.8 Å². The van der Waals surface area contributed by atoms with Gasteiger partial charge in [-0.25, -0.2) is 0 Å². The van der Waals surface area contributed by atoms with E-state index in [9.17, 15) is 0 Å². The molecule has 1 aromatic rings. The Morgan fingerprint density at radius 2 is 1.93 bits per heavy atom. The van der Waals surface area contributed by atoms with Crippen molar-refractivity contribution in [1.29, 1.82) is 0 Å². The van der Waals surface area contributed by atoms with Crippen molar-refractivity contribution in [1.82, 2.24) is 20.4 Å². The summed E-state index contributed by atoms with van der Waals surface area (Å²) in [5.74, 6) is 0.883. The molecule has 2 N–H and O–H groups in total.